The Morgan fingerprint density at radius 2 is 2.25 bits per heavy atom. The molecular formula is C15H23N3O2. The van der Waals surface area contributed by atoms with Crippen LogP contribution < -0.4 is 4.90 Å². The average molecular weight is 277 g/mol. The zero-order valence-electron chi connectivity index (χ0n) is 12.6. The van der Waals surface area contributed by atoms with Crippen molar-refractivity contribution < 1.29 is 9.47 Å². The van der Waals surface area contributed by atoms with E-state index in [0.717, 1.165) is 49.7 Å². The molecule has 110 valence electrons. The van der Waals surface area contributed by atoms with Crippen LogP contribution >= 0.6 is 0 Å². The summed E-state index contributed by atoms with van der Waals surface area (Å²) in [6.07, 6.45) is 4.14. The lowest BCUT2D eigenvalue weighted by atomic mass is 9.93. The summed E-state index contributed by atoms with van der Waals surface area (Å²) in [6.45, 7) is 9.37. The number of rotatable bonds is 1. The van der Waals surface area contributed by atoms with Gasteiger partial charge in [0.25, 0.3) is 0 Å². The van der Waals surface area contributed by atoms with Crippen LogP contribution in [0.15, 0.2) is 6.20 Å². The van der Waals surface area contributed by atoms with E-state index in [9.17, 15) is 0 Å². The molecule has 5 nitrogen and oxygen atoms in total. The number of ether oxygens (including phenoxy) is 2. The van der Waals surface area contributed by atoms with Gasteiger partial charge in [-0.2, -0.15) is 0 Å². The van der Waals surface area contributed by atoms with Gasteiger partial charge in [-0.25, -0.2) is 4.98 Å². The fraction of sp³-hybridized carbons (Fsp3) is 0.733. The zero-order valence-corrected chi connectivity index (χ0v) is 12.6. The Morgan fingerprint density at radius 3 is 3.00 bits per heavy atom. The van der Waals surface area contributed by atoms with Crippen LogP contribution in [0.2, 0.25) is 0 Å². The molecule has 3 rings (SSSR count). The van der Waals surface area contributed by atoms with Gasteiger partial charge in [0.05, 0.1) is 30.6 Å². The summed E-state index contributed by atoms with van der Waals surface area (Å²) in [6, 6.07) is 0. The first-order valence-electron chi connectivity index (χ1n) is 7.39. The molecule has 2 saturated heterocycles. The van der Waals surface area contributed by atoms with E-state index in [0.29, 0.717) is 6.61 Å². The van der Waals surface area contributed by atoms with Crippen LogP contribution in [-0.4, -0.2) is 48.0 Å². The van der Waals surface area contributed by atoms with Gasteiger partial charge < -0.3 is 14.4 Å². The molecule has 2 aliphatic rings. The fourth-order valence-electron chi connectivity index (χ4n) is 3.25. The molecule has 1 aromatic rings. The van der Waals surface area contributed by atoms with Gasteiger partial charge in [-0.1, -0.05) is 0 Å². The summed E-state index contributed by atoms with van der Waals surface area (Å²) in [4.78, 5) is 11.4. The predicted octanol–water partition coefficient (Wildman–Crippen LogP) is 1.87. The normalized spacial score (nSPS) is 30.8. The molecule has 1 spiro atoms. The van der Waals surface area contributed by atoms with E-state index in [1.165, 1.54) is 0 Å². The molecule has 2 fully saturated rings. The highest BCUT2D eigenvalue weighted by molar-refractivity contribution is 5.44. The van der Waals surface area contributed by atoms with Gasteiger partial charge in [0.15, 0.2) is 5.82 Å². The Kier molecular flexibility index (Phi) is 3.65. The molecular weight excluding hydrogens is 254 g/mol. The van der Waals surface area contributed by atoms with E-state index in [4.69, 9.17) is 9.47 Å². The maximum absolute atomic E-state index is 6.22. The van der Waals surface area contributed by atoms with Gasteiger partial charge >= 0.3 is 0 Å². The van der Waals surface area contributed by atoms with Crippen molar-refractivity contribution in [2.45, 2.75) is 45.3 Å². The Bertz CT molecular complexity index is 486. The first kappa shape index (κ1) is 13.8. The van der Waals surface area contributed by atoms with Crippen molar-refractivity contribution in [3.8, 4) is 0 Å². The lowest BCUT2D eigenvalue weighted by Gasteiger charge is -2.47. The SMILES string of the molecule is Cc1cnc(C)c(N2C[C@@H](C)O[C@]3(CCCOC3)C2)n1. The van der Waals surface area contributed by atoms with E-state index < -0.39 is 0 Å². The second-order valence-corrected chi connectivity index (χ2v) is 6.07. The summed E-state index contributed by atoms with van der Waals surface area (Å²) in [5.41, 5.74) is 1.77. The molecule has 1 aromatic heterocycles. The van der Waals surface area contributed by atoms with Gasteiger partial charge in [0, 0.05) is 19.3 Å². The molecule has 0 amide bonds. The first-order chi connectivity index (χ1) is 9.58. The number of hydrogen-bond acceptors (Lipinski definition) is 5. The maximum Gasteiger partial charge on any atom is 0.150 e. The molecule has 0 N–H and O–H groups in total. The molecule has 20 heavy (non-hydrogen) atoms. The third kappa shape index (κ3) is 2.65. The van der Waals surface area contributed by atoms with Crippen molar-refractivity contribution in [3.05, 3.63) is 17.6 Å². The minimum atomic E-state index is -0.173. The molecule has 3 heterocycles. The lowest BCUT2D eigenvalue weighted by molar-refractivity contribution is -0.160. The minimum Gasteiger partial charge on any atom is -0.378 e. The van der Waals surface area contributed by atoms with Crippen LogP contribution in [0, 0.1) is 13.8 Å². The van der Waals surface area contributed by atoms with Gasteiger partial charge in [-0.05, 0) is 33.6 Å². The summed E-state index contributed by atoms with van der Waals surface area (Å²) in [7, 11) is 0. The van der Waals surface area contributed by atoms with Crippen molar-refractivity contribution in [3.63, 3.8) is 0 Å². The van der Waals surface area contributed by atoms with Gasteiger partial charge in [-0.3, -0.25) is 4.98 Å². The van der Waals surface area contributed by atoms with Crippen LogP contribution in [-0.2, 0) is 9.47 Å². The second kappa shape index (κ2) is 5.30. The molecule has 0 bridgehead atoms. The zero-order chi connectivity index (χ0) is 14.2. The number of aryl methyl sites for hydroxylation is 2. The van der Waals surface area contributed by atoms with Gasteiger partial charge in [-0.15, -0.1) is 0 Å². The highest BCUT2D eigenvalue weighted by Gasteiger charge is 2.41. The highest BCUT2D eigenvalue weighted by Crippen LogP contribution is 2.32. The standard InChI is InChI=1S/C15H23N3O2/c1-11-7-16-13(3)14(17-11)18-8-12(2)20-15(9-18)5-4-6-19-10-15/h7,12H,4-6,8-10H2,1-3H3/t12-,15-/m1/s1. The van der Waals surface area contributed by atoms with Crippen LogP contribution in [0.3, 0.4) is 0 Å². The number of nitrogens with zero attached hydrogens (tertiary/aromatic N) is 3. The number of morpholine rings is 1. The third-order valence-electron chi connectivity index (χ3n) is 4.04. The Morgan fingerprint density at radius 1 is 1.40 bits per heavy atom. The van der Waals surface area contributed by atoms with Gasteiger partial charge in [0.1, 0.15) is 5.60 Å². The molecule has 0 radical (unpaired) electrons. The summed E-state index contributed by atoms with van der Waals surface area (Å²) >= 11 is 0. The van der Waals surface area contributed by atoms with Crippen molar-refractivity contribution in [2.24, 2.45) is 0 Å². The smallest absolute Gasteiger partial charge is 0.150 e. The first-order valence-corrected chi connectivity index (χ1v) is 7.39. The maximum atomic E-state index is 6.22. The predicted molar refractivity (Wildman–Crippen MR) is 77.1 cm³/mol. The number of aromatic nitrogens is 2. The van der Waals surface area contributed by atoms with E-state index in [2.05, 4.69) is 21.8 Å². The number of anilines is 1. The summed E-state index contributed by atoms with van der Waals surface area (Å²) < 4.78 is 11.9. The molecule has 2 aliphatic heterocycles. The van der Waals surface area contributed by atoms with E-state index in [1.807, 2.05) is 20.0 Å². The largest absolute Gasteiger partial charge is 0.378 e. The molecule has 5 heteroatoms. The van der Waals surface area contributed by atoms with E-state index >= 15 is 0 Å². The Hall–Kier alpha value is -1.20. The van der Waals surface area contributed by atoms with Crippen LogP contribution in [0.4, 0.5) is 5.82 Å². The fourth-order valence-corrected chi connectivity index (χ4v) is 3.25. The quantitative estimate of drug-likeness (QED) is 0.784. The minimum absolute atomic E-state index is 0.173. The topological polar surface area (TPSA) is 47.5 Å². The highest BCUT2D eigenvalue weighted by atomic mass is 16.6. The summed E-state index contributed by atoms with van der Waals surface area (Å²) in [5, 5.41) is 0. The lowest BCUT2D eigenvalue weighted by Crippen LogP contribution is -2.59. The molecule has 2 atom stereocenters. The van der Waals surface area contributed by atoms with Crippen LogP contribution in [0.25, 0.3) is 0 Å². The van der Waals surface area contributed by atoms with E-state index in [-0.39, 0.29) is 11.7 Å². The monoisotopic (exact) mass is 277 g/mol. The van der Waals surface area contributed by atoms with E-state index in [1.54, 1.807) is 0 Å². The van der Waals surface area contributed by atoms with Crippen molar-refractivity contribution in [2.75, 3.05) is 31.2 Å². The van der Waals surface area contributed by atoms with Crippen molar-refractivity contribution >= 4 is 5.82 Å². The second-order valence-electron chi connectivity index (χ2n) is 6.07. The molecule has 0 aliphatic carbocycles. The average Bonchev–Trinajstić information content (AvgIpc) is 2.41. The summed E-state index contributed by atoms with van der Waals surface area (Å²) in [5.74, 6) is 0.991. The number of hydrogen-bond donors (Lipinski definition) is 0. The van der Waals surface area contributed by atoms with Crippen LogP contribution in [0.1, 0.15) is 31.2 Å². The Balaban J connectivity index is 1.87. The van der Waals surface area contributed by atoms with Crippen molar-refractivity contribution in [1.29, 1.82) is 0 Å². The third-order valence-corrected chi connectivity index (χ3v) is 4.04. The Labute approximate surface area is 120 Å². The molecule has 0 aromatic carbocycles. The molecule has 0 unspecified atom stereocenters. The van der Waals surface area contributed by atoms with Crippen molar-refractivity contribution in [1.82, 2.24) is 9.97 Å². The van der Waals surface area contributed by atoms with Gasteiger partial charge in [0.2, 0.25) is 0 Å². The molecule has 0 saturated carbocycles. The van der Waals surface area contributed by atoms with Crippen LogP contribution in [0.5, 0.6) is 0 Å².